The SMILES string of the molecule is COc1nc(N)nc2c1ncn2CCOCP(=O)(O)Oc1ccccc1. The highest BCUT2D eigenvalue weighted by molar-refractivity contribution is 7.53. The second-order valence-electron chi connectivity index (χ2n) is 5.28. The Kier molecular flexibility index (Phi) is 5.36. The summed E-state index contributed by atoms with van der Waals surface area (Å²) in [7, 11) is -2.44. The first kappa shape index (κ1) is 18.1. The topological polar surface area (TPSA) is 135 Å². The van der Waals surface area contributed by atoms with E-state index in [9.17, 15) is 9.46 Å². The molecule has 2 aromatic heterocycles. The monoisotopic (exact) mass is 379 g/mol. The number of nitrogen functional groups attached to an aromatic ring is 1. The third-order valence-electron chi connectivity index (χ3n) is 3.36. The Morgan fingerprint density at radius 1 is 1.27 bits per heavy atom. The van der Waals surface area contributed by atoms with Crippen molar-refractivity contribution in [3.63, 3.8) is 0 Å². The van der Waals surface area contributed by atoms with Crippen molar-refractivity contribution in [2.75, 3.05) is 25.8 Å². The molecule has 0 bridgehead atoms. The summed E-state index contributed by atoms with van der Waals surface area (Å²) in [6.45, 7) is 0.502. The van der Waals surface area contributed by atoms with Gasteiger partial charge in [0.15, 0.2) is 17.5 Å². The smallest absolute Gasteiger partial charge is 0.402 e. The van der Waals surface area contributed by atoms with Gasteiger partial charge in [-0.3, -0.25) is 0 Å². The summed E-state index contributed by atoms with van der Waals surface area (Å²) in [5.74, 6) is 0.651. The van der Waals surface area contributed by atoms with E-state index in [-0.39, 0.29) is 18.4 Å². The van der Waals surface area contributed by atoms with Crippen LogP contribution in [-0.2, 0) is 15.8 Å². The van der Waals surface area contributed by atoms with Gasteiger partial charge in [0, 0.05) is 6.54 Å². The molecule has 0 aliphatic carbocycles. The molecule has 3 N–H and O–H groups in total. The van der Waals surface area contributed by atoms with Crippen molar-refractivity contribution in [2.45, 2.75) is 6.54 Å². The number of methoxy groups -OCH3 is 1. The van der Waals surface area contributed by atoms with Crippen LogP contribution in [0.1, 0.15) is 0 Å². The molecule has 0 amide bonds. The third-order valence-corrected chi connectivity index (χ3v) is 4.37. The minimum Gasteiger partial charge on any atom is -0.479 e. The number of anilines is 1. The molecule has 0 fully saturated rings. The second kappa shape index (κ2) is 7.69. The maximum atomic E-state index is 12.0. The molecule has 11 heteroatoms. The Hall–Kier alpha value is -2.68. The summed E-state index contributed by atoms with van der Waals surface area (Å²) in [4.78, 5) is 22.1. The average Bonchev–Trinajstić information content (AvgIpc) is 3.01. The largest absolute Gasteiger partial charge is 0.479 e. The molecule has 2 heterocycles. The lowest BCUT2D eigenvalue weighted by Gasteiger charge is -2.13. The standard InChI is InChI=1S/C15H18N5O5P/c1-23-14-12-13(18-15(16)19-14)20(9-17-12)7-8-24-10-26(21,22)25-11-5-3-2-4-6-11/h2-6,9H,7-8,10H2,1H3,(H,21,22)(H2,16,18,19). The lowest BCUT2D eigenvalue weighted by molar-refractivity contribution is 0.151. The van der Waals surface area contributed by atoms with Crippen molar-refractivity contribution in [1.29, 1.82) is 0 Å². The first-order valence-electron chi connectivity index (χ1n) is 7.65. The molecular weight excluding hydrogens is 361 g/mol. The first-order valence-corrected chi connectivity index (χ1v) is 9.41. The lowest BCUT2D eigenvalue weighted by Crippen LogP contribution is -2.09. The Bertz CT molecular complexity index is 933. The highest BCUT2D eigenvalue weighted by Crippen LogP contribution is 2.42. The highest BCUT2D eigenvalue weighted by Gasteiger charge is 2.21. The highest BCUT2D eigenvalue weighted by atomic mass is 31.2. The van der Waals surface area contributed by atoms with Crippen LogP contribution in [-0.4, -0.2) is 44.5 Å². The van der Waals surface area contributed by atoms with Crippen molar-refractivity contribution in [3.05, 3.63) is 36.7 Å². The molecule has 138 valence electrons. The Labute approximate surface area is 149 Å². The number of nitrogens with two attached hydrogens (primary N) is 1. The van der Waals surface area contributed by atoms with E-state index in [1.165, 1.54) is 7.11 Å². The second-order valence-corrected chi connectivity index (χ2v) is 7.00. The van der Waals surface area contributed by atoms with Gasteiger partial charge in [0.2, 0.25) is 11.8 Å². The molecule has 3 aromatic rings. The zero-order chi connectivity index (χ0) is 18.6. The average molecular weight is 379 g/mol. The number of benzene rings is 1. The van der Waals surface area contributed by atoms with Crippen molar-refractivity contribution in [3.8, 4) is 11.6 Å². The van der Waals surface area contributed by atoms with Gasteiger partial charge >= 0.3 is 7.60 Å². The molecule has 1 aromatic carbocycles. The van der Waals surface area contributed by atoms with Gasteiger partial charge in [0.1, 0.15) is 5.75 Å². The van der Waals surface area contributed by atoms with E-state index in [0.717, 1.165) is 0 Å². The minimum atomic E-state index is -3.90. The van der Waals surface area contributed by atoms with Crippen LogP contribution in [0.25, 0.3) is 11.2 Å². The van der Waals surface area contributed by atoms with Gasteiger partial charge in [0.25, 0.3) is 0 Å². The number of para-hydroxylation sites is 1. The zero-order valence-corrected chi connectivity index (χ0v) is 14.9. The van der Waals surface area contributed by atoms with E-state index >= 15 is 0 Å². The zero-order valence-electron chi connectivity index (χ0n) is 14.0. The van der Waals surface area contributed by atoms with Gasteiger partial charge in [-0.2, -0.15) is 9.97 Å². The van der Waals surface area contributed by atoms with Crippen molar-refractivity contribution in [2.24, 2.45) is 0 Å². The number of nitrogens with zero attached hydrogens (tertiary/aromatic N) is 4. The van der Waals surface area contributed by atoms with Crippen LogP contribution >= 0.6 is 7.60 Å². The molecule has 0 saturated heterocycles. The molecule has 0 aliphatic heterocycles. The summed E-state index contributed by atoms with van der Waals surface area (Å²) < 4.78 is 29.2. The van der Waals surface area contributed by atoms with Crippen molar-refractivity contribution in [1.82, 2.24) is 19.5 Å². The number of hydrogen-bond acceptors (Lipinski definition) is 8. The van der Waals surface area contributed by atoms with Gasteiger partial charge < -0.3 is 29.2 Å². The maximum Gasteiger partial charge on any atom is 0.402 e. The predicted molar refractivity (Wildman–Crippen MR) is 94.0 cm³/mol. The molecule has 10 nitrogen and oxygen atoms in total. The molecule has 1 atom stereocenters. The molecule has 0 spiro atoms. The predicted octanol–water partition coefficient (Wildman–Crippen LogP) is 1.66. The van der Waals surface area contributed by atoms with Gasteiger partial charge in [-0.05, 0) is 12.1 Å². The van der Waals surface area contributed by atoms with Crippen LogP contribution in [0.4, 0.5) is 5.95 Å². The summed E-state index contributed by atoms with van der Waals surface area (Å²) in [5.41, 5.74) is 6.62. The van der Waals surface area contributed by atoms with Gasteiger partial charge in [-0.15, -0.1) is 0 Å². The van der Waals surface area contributed by atoms with Crippen LogP contribution in [0.3, 0.4) is 0 Å². The molecule has 0 radical (unpaired) electrons. The number of fused-ring (bicyclic) bond motifs is 1. The summed E-state index contributed by atoms with van der Waals surface area (Å²) >= 11 is 0. The molecule has 26 heavy (non-hydrogen) atoms. The number of aromatic nitrogens is 4. The summed E-state index contributed by atoms with van der Waals surface area (Å²) in [6.07, 6.45) is 1.11. The van der Waals surface area contributed by atoms with Crippen LogP contribution in [0.5, 0.6) is 11.6 Å². The molecular formula is C15H18N5O5P. The first-order chi connectivity index (χ1) is 12.5. The fourth-order valence-electron chi connectivity index (χ4n) is 2.26. The van der Waals surface area contributed by atoms with E-state index in [1.807, 2.05) is 0 Å². The molecule has 0 aliphatic rings. The van der Waals surface area contributed by atoms with E-state index in [4.69, 9.17) is 19.7 Å². The fourth-order valence-corrected chi connectivity index (χ4v) is 3.12. The van der Waals surface area contributed by atoms with Crippen LogP contribution in [0, 0.1) is 0 Å². The Morgan fingerprint density at radius 3 is 2.77 bits per heavy atom. The maximum absolute atomic E-state index is 12.0. The van der Waals surface area contributed by atoms with Gasteiger partial charge in [0.05, 0.1) is 20.0 Å². The molecule has 0 saturated carbocycles. The lowest BCUT2D eigenvalue weighted by atomic mass is 10.3. The normalized spacial score (nSPS) is 13.5. The Balaban J connectivity index is 1.58. The number of rotatable bonds is 8. The van der Waals surface area contributed by atoms with Crippen LogP contribution in [0.15, 0.2) is 36.7 Å². The van der Waals surface area contributed by atoms with E-state index in [2.05, 4.69) is 15.0 Å². The van der Waals surface area contributed by atoms with Crippen LogP contribution < -0.4 is 15.0 Å². The van der Waals surface area contributed by atoms with Gasteiger partial charge in [-0.25, -0.2) is 9.55 Å². The summed E-state index contributed by atoms with van der Waals surface area (Å²) in [5, 5.41) is 0. The number of hydrogen-bond donors (Lipinski definition) is 2. The molecule has 3 rings (SSSR count). The number of ether oxygens (including phenoxy) is 2. The number of imidazole rings is 1. The van der Waals surface area contributed by atoms with E-state index < -0.39 is 13.9 Å². The van der Waals surface area contributed by atoms with Crippen molar-refractivity contribution < 1.29 is 23.5 Å². The van der Waals surface area contributed by atoms with Crippen LogP contribution in [0.2, 0.25) is 0 Å². The summed E-state index contributed by atoms with van der Waals surface area (Å²) in [6, 6.07) is 8.40. The van der Waals surface area contributed by atoms with E-state index in [1.54, 1.807) is 41.2 Å². The molecule has 1 unspecified atom stereocenters. The third kappa shape index (κ3) is 4.29. The Morgan fingerprint density at radius 2 is 2.04 bits per heavy atom. The van der Waals surface area contributed by atoms with Gasteiger partial charge in [-0.1, -0.05) is 18.2 Å². The fraction of sp³-hybridized carbons (Fsp3) is 0.267. The van der Waals surface area contributed by atoms with E-state index in [0.29, 0.717) is 23.5 Å². The minimum absolute atomic E-state index is 0.0631. The van der Waals surface area contributed by atoms with Crippen molar-refractivity contribution >= 4 is 24.7 Å². The quantitative estimate of drug-likeness (QED) is 0.442.